The summed E-state index contributed by atoms with van der Waals surface area (Å²) in [7, 11) is 0. The molecule has 4 heterocycles. The average molecular weight is 455 g/mol. The fourth-order valence-electron chi connectivity index (χ4n) is 3.77. The van der Waals surface area contributed by atoms with Crippen LogP contribution in [0.5, 0.6) is 0 Å². The Morgan fingerprint density at radius 3 is 2.48 bits per heavy atom. The predicted octanol–water partition coefficient (Wildman–Crippen LogP) is 4.11. The molecule has 0 bridgehead atoms. The summed E-state index contributed by atoms with van der Waals surface area (Å²) >= 11 is 0. The van der Waals surface area contributed by atoms with Crippen molar-refractivity contribution in [3.05, 3.63) is 65.7 Å². The highest BCUT2D eigenvalue weighted by Crippen LogP contribution is 2.25. The highest BCUT2D eigenvalue weighted by molar-refractivity contribution is 5.56. The number of aromatic nitrogens is 6. The second-order valence-electron chi connectivity index (χ2n) is 7.88. The van der Waals surface area contributed by atoms with Crippen molar-refractivity contribution in [1.82, 2.24) is 35.1 Å². The molecule has 3 aromatic heterocycles. The van der Waals surface area contributed by atoms with E-state index in [1.54, 1.807) is 12.4 Å². The zero-order valence-electron chi connectivity index (χ0n) is 17.5. The van der Waals surface area contributed by atoms with Crippen molar-refractivity contribution < 1.29 is 17.6 Å². The van der Waals surface area contributed by atoms with Gasteiger partial charge in [0.05, 0.1) is 18.4 Å². The summed E-state index contributed by atoms with van der Waals surface area (Å²) in [4.78, 5) is 6.91. The zero-order chi connectivity index (χ0) is 22.8. The van der Waals surface area contributed by atoms with Crippen LogP contribution in [0.2, 0.25) is 0 Å². The largest absolute Gasteiger partial charge is 0.415 e. The maximum atomic E-state index is 14.6. The Labute approximate surface area is 187 Å². The van der Waals surface area contributed by atoms with Crippen LogP contribution in [0, 0.1) is 5.82 Å². The van der Waals surface area contributed by atoms with Gasteiger partial charge in [-0.05, 0) is 50.2 Å². The van der Waals surface area contributed by atoms with Crippen LogP contribution in [0.1, 0.15) is 36.4 Å². The van der Waals surface area contributed by atoms with E-state index >= 15 is 0 Å². The Kier molecular flexibility index (Phi) is 5.86. The number of nitrogens with zero attached hydrogens (tertiary/aromatic N) is 7. The highest BCUT2D eigenvalue weighted by Gasteiger charge is 2.18. The third-order valence-corrected chi connectivity index (χ3v) is 5.50. The van der Waals surface area contributed by atoms with Crippen molar-refractivity contribution in [2.24, 2.45) is 0 Å². The predicted molar refractivity (Wildman–Crippen MR) is 112 cm³/mol. The first-order valence-corrected chi connectivity index (χ1v) is 10.5. The lowest BCUT2D eigenvalue weighted by Crippen LogP contribution is -2.18. The molecule has 1 fully saturated rings. The molecule has 4 aromatic rings. The van der Waals surface area contributed by atoms with Crippen LogP contribution in [-0.2, 0) is 13.1 Å². The molecule has 1 aliphatic heterocycles. The van der Waals surface area contributed by atoms with E-state index < -0.39 is 18.1 Å². The van der Waals surface area contributed by atoms with Gasteiger partial charge in [0.2, 0.25) is 5.89 Å². The van der Waals surface area contributed by atoms with Crippen LogP contribution >= 0.6 is 0 Å². The molecule has 0 radical (unpaired) electrons. The second-order valence-corrected chi connectivity index (χ2v) is 7.88. The molecule has 5 rings (SSSR count). The standard InChI is InChI=1S/C22H20F3N7O/c23-18-9-14(21-28-29-22(33-21)20(24)25)3-4-16(18)11-32-13-19(27-30-32)15-5-6-17(26-10-15)12-31-7-1-2-8-31/h3-6,9-10,13,20H,1-2,7-8,11-12H2. The summed E-state index contributed by atoms with van der Waals surface area (Å²) in [6.45, 7) is 3.21. The van der Waals surface area contributed by atoms with Crippen LogP contribution in [0.4, 0.5) is 13.2 Å². The van der Waals surface area contributed by atoms with Gasteiger partial charge in [-0.2, -0.15) is 8.78 Å². The molecule has 33 heavy (non-hydrogen) atoms. The molecular weight excluding hydrogens is 435 g/mol. The molecule has 0 N–H and O–H groups in total. The van der Waals surface area contributed by atoms with E-state index in [2.05, 4.69) is 30.4 Å². The monoisotopic (exact) mass is 455 g/mol. The topological polar surface area (TPSA) is 85.8 Å². The quantitative estimate of drug-likeness (QED) is 0.415. The minimum atomic E-state index is -2.88. The smallest absolute Gasteiger partial charge is 0.314 e. The van der Waals surface area contributed by atoms with Crippen LogP contribution < -0.4 is 0 Å². The normalized spacial score (nSPS) is 14.4. The number of hydrogen-bond acceptors (Lipinski definition) is 7. The van der Waals surface area contributed by atoms with Gasteiger partial charge in [-0.1, -0.05) is 11.3 Å². The molecule has 170 valence electrons. The summed E-state index contributed by atoms with van der Waals surface area (Å²) in [6.07, 6.45) is 3.08. The molecule has 0 unspecified atom stereocenters. The van der Waals surface area contributed by atoms with E-state index in [4.69, 9.17) is 4.42 Å². The molecule has 0 atom stereocenters. The third-order valence-electron chi connectivity index (χ3n) is 5.50. The van der Waals surface area contributed by atoms with E-state index in [-0.39, 0.29) is 18.0 Å². The number of alkyl halides is 2. The number of rotatable bonds is 7. The third kappa shape index (κ3) is 4.77. The number of halogens is 3. The molecule has 0 saturated carbocycles. The lowest BCUT2D eigenvalue weighted by molar-refractivity contribution is 0.116. The molecule has 0 aliphatic carbocycles. The number of pyridine rings is 1. The van der Waals surface area contributed by atoms with E-state index in [9.17, 15) is 13.2 Å². The Morgan fingerprint density at radius 1 is 0.970 bits per heavy atom. The van der Waals surface area contributed by atoms with Crippen LogP contribution in [0.3, 0.4) is 0 Å². The maximum Gasteiger partial charge on any atom is 0.314 e. The zero-order valence-corrected chi connectivity index (χ0v) is 17.5. The minimum Gasteiger partial charge on any atom is -0.415 e. The van der Waals surface area contributed by atoms with Gasteiger partial charge in [0, 0.05) is 29.4 Å². The average Bonchev–Trinajstić information content (AvgIpc) is 3.58. The van der Waals surface area contributed by atoms with Gasteiger partial charge in [-0.15, -0.1) is 15.3 Å². The Bertz CT molecular complexity index is 1230. The summed E-state index contributed by atoms with van der Waals surface area (Å²) in [5, 5.41) is 15.0. The SMILES string of the molecule is Fc1cc(-c2nnc(C(F)F)o2)ccc1Cn1cc(-c2ccc(CN3CCCC3)nc2)nn1. The number of likely N-dealkylation sites (tertiary alicyclic amines) is 1. The van der Waals surface area contributed by atoms with Crippen molar-refractivity contribution >= 4 is 0 Å². The number of benzene rings is 1. The van der Waals surface area contributed by atoms with Crippen LogP contribution in [0.25, 0.3) is 22.7 Å². The molecule has 8 nitrogen and oxygen atoms in total. The fraction of sp³-hybridized carbons (Fsp3) is 0.318. The van der Waals surface area contributed by atoms with Gasteiger partial charge in [0.1, 0.15) is 11.5 Å². The van der Waals surface area contributed by atoms with E-state index in [0.29, 0.717) is 11.3 Å². The summed E-state index contributed by atoms with van der Waals surface area (Å²) in [5.41, 5.74) is 3.04. The molecular formula is C22H20F3N7O. The van der Waals surface area contributed by atoms with E-state index in [1.165, 1.54) is 35.7 Å². The maximum absolute atomic E-state index is 14.6. The van der Waals surface area contributed by atoms with Gasteiger partial charge in [-0.25, -0.2) is 9.07 Å². The van der Waals surface area contributed by atoms with Crippen LogP contribution in [-0.4, -0.2) is 48.2 Å². The van der Waals surface area contributed by atoms with Crippen LogP contribution in [0.15, 0.2) is 47.1 Å². The Morgan fingerprint density at radius 2 is 1.79 bits per heavy atom. The van der Waals surface area contributed by atoms with E-state index in [1.807, 2.05) is 12.1 Å². The first kappa shape index (κ1) is 21.3. The first-order chi connectivity index (χ1) is 16.0. The molecule has 1 aliphatic rings. The van der Waals surface area contributed by atoms with Crippen molar-refractivity contribution in [3.8, 4) is 22.7 Å². The van der Waals surface area contributed by atoms with Gasteiger partial charge < -0.3 is 4.42 Å². The Balaban J connectivity index is 1.26. The number of hydrogen-bond donors (Lipinski definition) is 0. The molecule has 1 saturated heterocycles. The van der Waals surface area contributed by atoms with Crippen molar-refractivity contribution in [1.29, 1.82) is 0 Å². The molecule has 11 heteroatoms. The highest BCUT2D eigenvalue weighted by atomic mass is 19.3. The van der Waals surface area contributed by atoms with Crippen molar-refractivity contribution in [2.45, 2.75) is 32.4 Å². The molecule has 1 aromatic carbocycles. The second kappa shape index (κ2) is 9.10. The minimum absolute atomic E-state index is 0.145. The van der Waals surface area contributed by atoms with E-state index in [0.717, 1.165) is 30.9 Å². The lowest BCUT2D eigenvalue weighted by Gasteiger charge is -2.13. The lowest BCUT2D eigenvalue weighted by atomic mass is 10.1. The van der Waals surface area contributed by atoms with Gasteiger partial charge in [0.25, 0.3) is 5.89 Å². The van der Waals surface area contributed by atoms with Crippen molar-refractivity contribution in [2.75, 3.05) is 13.1 Å². The summed E-state index contributed by atoms with van der Waals surface area (Å²) in [6, 6.07) is 8.16. The molecule has 0 spiro atoms. The van der Waals surface area contributed by atoms with Gasteiger partial charge >= 0.3 is 6.43 Å². The van der Waals surface area contributed by atoms with Gasteiger partial charge in [-0.3, -0.25) is 9.88 Å². The Hall–Kier alpha value is -3.60. The fourth-order valence-corrected chi connectivity index (χ4v) is 3.77. The summed E-state index contributed by atoms with van der Waals surface area (Å²) < 4.78 is 46.2. The first-order valence-electron chi connectivity index (χ1n) is 10.5. The molecule has 0 amide bonds. The van der Waals surface area contributed by atoms with Gasteiger partial charge in [0.15, 0.2) is 0 Å². The van der Waals surface area contributed by atoms with Crippen molar-refractivity contribution in [3.63, 3.8) is 0 Å². The summed E-state index contributed by atoms with van der Waals surface area (Å²) in [5.74, 6) is -1.52.